The summed E-state index contributed by atoms with van der Waals surface area (Å²) in [6, 6.07) is 69.9. The average Bonchev–Trinajstić information content (AvgIpc) is 4.05. The molecule has 0 aliphatic rings. The van der Waals surface area contributed by atoms with Crippen LogP contribution in [0.1, 0.15) is 6.85 Å². The molecule has 0 unspecified atom stereocenters. The minimum absolute atomic E-state index is 0.195. The Kier molecular flexibility index (Phi) is 7.03. The molecule has 0 atom stereocenters. The molecule has 63 heavy (non-hydrogen) atoms. The van der Waals surface area contributed by atoms with Gasteiger partial charge in [0.1, 0.15) is 0 Å². The van der Waals surface area contributed by atoms with Gasteiger partial charge in [-0.15, -0.1) is 11.3 Å². The number of para-hydroxylation sites is 2. The van der Waals surface area contributed by atoms with E-state index in [9.17, 15) is 0 Å². The first kappa shape index (κ1) is 31.0. The number of aromatic nitrogens is 2. The molecule has 0 aliphatic heterocycles. The number of rotatable bonds is 6. The molecule has 0 saturated heterocycles. The molecule has 0 bridgehead atoms. The van der Waals surface area contributed by atoms with E-state index in [1.54, 1.807) is 11.3 Å². The topological polar surface area (TPSA) is 9.86 Å². The molecule has 0 amide bonds. The molecule has 3 heterocycles. The van der Waals surface area contributed by atoms with Gasteiger partial charge in [0, 0.05) is 53.1 Å². The molecule has 0 aliphatic carbocycles. The molecule has 3 heteroatoms. The summed E-state index contributed by atoms with van der Waals surface area (Å²) in [7, 11) is 0. The first-order valence-electron chi connectivity index (χ1n) is 23.7. The molecule has 13 aromatic rings. The Balaban J connectivity index is 0.881. The van der Waals surface area contributed by atoms with Crippen LogP contribution in [0.4, 0.5) is 0 Å². The summed E-state index contributed by atoms with van der Waals surface area (Å²) in [5.74, 6) is 0. The van der Waals surface area contributed by atoms with E-state index in [0.29, 0.717) is 5.56 Å². The first-order valence-corrected chi connectivity index (χ1v) is 22.0. The molecule has 294 valence electrons. The Morgan fingerprint density at radius 1 is 0.317 bits per heavy atom. The lowest BCUT2D eigenvalue weighted by Gasteiger charge is -2.11. The van der Waals surface area contributed by atoms with E-state index in [0.717, 1.165) is 70.0 Å². The number of hydrogen-bond acceptors (Lipinski definition) is 1. The molecule has 13 rings (SSSR count). The highest BCUT2D eigenvalue weighted by molar-refractivity contribution is 7.26. The fourth-order valence-corrected chi connectivity index (χ4v) is 10.9. The average molecular weight is 824 g/mol. The van der Waals surface area contributed by atoms with Crippen LogP contribution in [0, 0.1) is 0 Å². The van der Waals surface area contributed by atoms with Crippen molar-refractivity contribution in [1.29, 1.82) is 0 Å². The Hall–Kier alpha value is -7.98. The van der Waals surface area contributed by atoms with E-state index in [2.05, 4.69) is 185 Å². The normalized spacial score (nSPS) is 12.9. The van der Waals surface area contributed by atoms with Gasteiger partial charge in [-0.05, 0) is 111 Å². The van der Waals surface area contributed by atoms with Gasteiger partial charge in [0.05, 0.1) is 28.9 Å². The monoisotopic (exact) mass is 823 g/mol. The van der Waals surface area contributed by atoms with Crippen molar-refractivity contribution in [3.63, 3.8) is 0 Å². The van der Waals surface area contributed by atoms with Crippen molar-refractivity contribution >= 4 is 75.1 Å². The largest absolute Gasteiger partial charge is 0.309 e. The van der Waals surface area contributed by atoms with Crippen LogP contribution in [-0.4, -0.2) is 9.13 Å². The molecule has 10 aromatic carbocycles. The standard InChI is InChI=1S/C60H38N2S/c1-3-12-39(13-4-1)40-22-24-41(25-23-40)42-26-30-46(31-27-42)61-54-19-9-7-16-49(54)52-36-44(28-34-56(52)61)45-29-35-57-53(37-45)50-17-8-10-20-55(50)62(57)47-32-33-51-59(38-47)63-58-21-11-18-48(60(51)58)43-14-5-2-6-15-43/h1-38H/i2D,5D,6D,14D,15D. The fourth-order valence-electron chi connectivity index (χ4n) is 9.70. The third kappa shape index (κ3) is 5.78. The zero-order valence-corrected chi connectivity index (χ0v) is 34.7. The zero-order valence-electron chi connectivity index (χ0n) is 38.9. The zero-order chi connectivity index (χ0) is 45.8. The Bertz CT molecular complexity index is 4160. The minimum Gasteiger partial charge on any atom is -0.309 e. The van der Waals surface area contributed by atoms with Gasteiger partial charge < -0.3 is 9.13 Å². The maximum atomic E-state index is 8.74. The van der Waals surface area contributed by atoms with Crippen molar-refractivity contribution in [2.45, 2.75) is 0 Å². The summed E-state index contributed by atoms with van der Waals surface area (Å²) in [6.45, 7) is 0. The van der Waals surface area contributed by atoms with E-state index < -0.39 is 0 Å². The van der Waals surface area contributed by atoms with E-state index >= 15 is 0 Å². The van der Waals surface area contributed by atoms with Gasteiger partial charge in [-0.1, -0.05) is 164 Å². The molecule has 2 nitrogen and oxygen atoms in total. The fraction of sp³-hybridized carbons (Fsp3) is 0. The van der Waals surface area contributed by atoms with Crippen LogP contribution in [-0.2, 0) is 0 Å². The molecule has 3 aromatic heterocycles. The van der Waals surface area contributed by atoms with Gasteiger partial charge >= 0.3 is 0 Å². The van der Waals surface area contributed by atoms with Gasteiger partial charge in [-0.25, -0.2) is 0 Å². The van der Waals surface area contributed by atoms with Gasteiger partial charge in [0.2, 0.25) is 0 Å². The molecule has 0 radical (unpaired) electrons. The number of nitrogens with zero attached hydrogens (tertiary/aromatic N) is 2. The van der Waals surface area contributed by atoms with Crippen molar-refractivity contribution in [2.75, 3.05) is 0 Å². The van der Waals surface area contributed by atoms with Crippen molar-refractivity contribution in [3.05, 3.63) is 230 Å². The molecule has 0 saturated carbocycles. The predicted molar refractivity (Wildman–Crippen MR) is 270 cm³/mol. The van der Waals surface area contributed by atoms with E-state index in [4.69, 9.17) is 6.85 Å². The van der Waals surface area contributed by atoms with Crippen LogP contribution < -0.4 is 0 Å². The highest BCUT2D eigenvalue weighted by atomic mass is 32.1. The maximum Gasteiger partial charge on any atom is 0.0629 e. The van der Waals surface area contributed by atoms with Gasteiger partial charge in [-0.2, -0.15) is 0 Å². The van der Waals surface area contributed by atoms with E-state index in [-0.39, 0.29) is 35.8 Å². The Morgan fingerprint density at radius 3 is 1.46 bits per heavy atom. The number of fused-ring (bicyclic) bond motifs is 9. The maximum absolute atomic E-state index is 8.74. The number of benzene rings is 10. The van der Waals surface area contributed by atoms with Gasteiger partial charge in [0.15, 0.2) is 0 Å². The molecule has 0 N–H and O–H groups in total. The molecule has 0 spiro atoms. The van der Waals surface area contributed by atoms with E-state index in [1.165, 1.54) is 38.5 Å². The second kappa shape index (κ2) is 14.3. The van der Waals surface area contributed by atoms with Gasteiger partial charge in [-0.3, -0.25) is 0 Å². The summed E-state index contributed by atoms with van der Waals surface area (Å²) >= 11 is 1.65. The molecule has 0 fully saturated rings. The second-order valence-electron chi connectivity index (χ2n) is 16.1. The molecular weight excluding hydrogens is 781 g/mol. The number of hydrogen-bond donors (Lipinski definition) is 0. The summed E-state index contributed by atoms with van der Waals surface area (Å²) in [5.41, 5.74) is 14.6. The van der Waals surface area contributed by atoms with Crippen LogP contribution in [0.2, 0.25) is 0 Å². The quantitative estimate of drug-likeness (QED) is 0.158. The third-order valence-electron chi connectivity index (χ3n) is 12.6. The minimum atomic E-state index is -0.390. The van der Waals surface area contributed by atoms with Crippen molar-refractivity contribution in [1.82, 2.24) is 9.13 Å². The lowest BCUT2D eigenvalue weighted by molar-refractivity contribution is 1.18. The van der Waals surface area contributed by atoms with Crippen molar-refractivity contribution in [2.24, 2.45) is 0 Å². The van der Waals surface area contributed by atoms with Crippen LogP contribution in [0.5, 0.6) is 0 Å². The Labute approximate surface area is 375 Å². The van der Waals surface area contributed by atoms with Crippen LogP contribution in [0.3, 0.4) is 0 Å². The van der Waals surface area contributed by atoms with Crippen LogP contribution in [0.25, 0.3) is 120 Å². The number of thiophene rings is 1. The smallest absolute Gasteiger partial charge is 0.0629 e. The van der Waals surface area contributed by atoms with Crippen molar-refractivity contribution in [3.8, 4) is 55.9 Å². The molecular formula is C60H38N2S. The van der Waals surface area contributed by atoms with Crippen LogP contribution in [0.15, 0.2) is 230 Å². The highest BCUT2D eigenvalue weighted by Crippen LogP contribution is 2.43. The summed E-state index contributed by atoms with van der Waals surface area (Å²) in [5, 5.41) is 6.61. The first-order chi connectivity index (χ1) is 33.3. The second-order valence-corrected chi connectivity index (χ2v) is 17.2. The third-order valence-corrected chi connectivity index (χ3v) is 13.8. The van der Waals surface area contributed by atoms with Crippen LogP contribution >= 0.6 is 11.3 Å². The summed E-state index contributed by atoms with van der Waals surface area (Å²) < 4.78 is 49.1. The van der Waals surface area contributed by atoms with Crippen molar-refractivity contribution < 1.29 is 6.85 Å². The summed E-state index contributed by atoms with van der Waals surface area (Å²) in [6.07, 6.45) is 0. The van der Waals surface area contributed by atoms with Gasteiger partial charge in [0.25, 0.3) is 0 Å². The highest BCUT2D eigenvalue weighted by Gasteiger charge is 2.18. The predicted octanol–water partition coefficient (Wildman–Crippen LogP) is 16.9. The SMILES string of the molecule is [2H]c1c([2H])c([2H])c(-c2cccc3sc4cc(-n5c6ccccc6c6cc(-c7ccc8c(c7)c7ccccc7n8-c7ccc(-c8ccc(-c9ccccc9)cc8)cc7)ccc65)ccc4c23)c([2H])c1[2H]. The summed E-state index contributed by atoms with van der Waals surface area (Å²) in [4.78, 5) is 0. The lowest BCUT2D eigenvalue weighted by atomic mass is 9.99. The lowest BCUT2D eigenvalue weighted by Crippen LogP contribution is -1.94. The Morgan fingerprint density at radius 2 is 0.825 bits per heavy atom. The van der Waals surface area contributed by atoms with E-state index in [1.807, 2.05) is 24.3 Å².